The summed E-state index contributed by atoms with van der Waals surface area (Å²) in [7, 11) is -6.54. The second kappa shape index (κ2) is 21.5. The number of H-pyrrole nitrogens is 1. The molecule has 1 N–H and O–H groups in total. The number of unbranched alkanes of at least 4 members (excludes halogenated alkanes) is 2. The molecule has 0 amide bonds. The van der Waals surface area contributed by atoms with Crippen LogP contribution in [0.25, 0.3) is 44.4 Å². The molecule has 2 atom stereocenters. The van der Waals surface area contributed by atoms with Crippen LogP contribution in [0.3, 0.4) is 0 Å². The molecule has 0 saturated heterocycles. The van der Waals surface area contributed by atoms with Crippen molar-refractivity contribution in [3.63, 3.8) is 0 Å². The lowest BCUT2D eigenvalue weighted by Gasteiger charge is -2.16. The number of fused-ring (bicyclic) bond motifs is 1. The highest BCUT2D eigenvalue weighted by atomic mass is 19.2. The van der Waals surface area contributed by atoms with Gasteiger partial charge in [-0.25, -0.2) is 4.98 Å². The number of ether oxygens (including phenoxy) is 2. The highest BCUT2D eigenvalue weighted by molar-refractivity contribution is 6.45. The van der Waals surface area contributed by atoms with Gasteiger partial charge >= 0.3 is 14.8 Å². The van der Waals surface area contributed by atoms with E-state index in [1.165, 1.54) is 12.3 Å². The van der Waals surface area contributed by atoms with E-state index in [0.29, 0.717) is 45.5 Å². The number of benzene rings is 2. The molecule has 14 heteroatoms. The first-order valence-corrected chi connectivity index (χ1v) is 21.5. The highest BCUT2D eigenvalue weighted by Gasteiger charge is 2.37. The van der Waals surface area contributed by atoms with Gasteiger partial charge in [-0.05, 0) is 103 Å². The number of aromatic amines is 1. The average Bonchev–Trinajstić information content (AvgIpc) is 3.82. The smallest absolute Gasteiger partial charge is 0.493 e. The fraction of sp³-hybridized carbons (Fsp3) is 0.333. The molecule has 0 spiro atoms. The summed E-state index contributed by atoms with van der Waals surface area (Å²) in [6.07, 6.45) is 11.2. The third kappa shape index (κ3) is 9.76. The molecule has 2 unspecified atom stereocenters. The summed E-state index contributed by atoms with van der Waals surface area (Å²) in [5, 5.41) is 21.0. The maximum Gasteiger partial charge on any atom is 0.678 e. The van der Waals surface area contributed by atoms with Crippen molar-refractivity contribution < 1.29 is 31.7 Å². The molecule has 6 aromatic rings. The Labute approximate surface area is 361 Å². The highest BCUT2D eigenvalue weighted by Crippen LogP contribution is 2.37. The summed E-state index contributed by atoms with van der Waals surface area (Å²) in [4.78, 5) is 7.34. The summed E-state index contributed by atoms with van der Waals surface area (Å²) in [6.45, 7) is 9.45. The van der Waals surface area contributed by atoms with E-state index < -0.39 is 14.8 Å². The normalized spacial score (nSPS) is 13.2. The van der Waals surface area contributed by atoms with Gasteiger partial charge in [0.15, 0.2) is 6.20 Å². The Morgan fingerprint density at radius 3 is 1.53 bits per heavy atom. The van der Waals surface area contributed by atoms with Crippen LogP contribution >= 0.6 is 0 Å². The molecule has 0 aliphatic rings. The first kappa shape index (κ1) is 45.3. The number of nitrogens with one attached hydrogen (secondary N) is 1. The van der Waals surface area contributed by atoms with Crippen molar-refractivity contribution in [1.29, 1.82) is 10.5 Å². The molecule has 2 aromatic carbocycles. The molecule has 4 aromatic heterocycles. The summed E-state index contributed by atoms with van der Waals surface area (Å²) < 4.78 is 78.2. The lowest BCUT2D eigenvalue weighted by atomic mass is 10.0. The van der Waals surface area contributed by atoms with Crippen molar-refractivity contribution in [1.82, 2.24) is 13.9 Å². The Morgan fingerprint density at radius 1 is 0.661 bits per heavy atom. The van der Waals surface area contributed by atoms with E-state index in [0.717, 1.165) is 51.4 Å². The Bertz CT molecular complexity index is 2440. The van der Waals surface area contributed by atoms with Crippen molar-refractivity contribution in [2.45, 2.75) is 79.1 Å². The number of nitrogens with zero attached hydrogens (tertiary/aromatic N) is 5. The predicted octanol–water partition coefficient (Wildman–Crippen LogP) is 10.2. The number of aromatic nitrogens is 4. The minimum atomic E-state index is -3.27. The second-order valence-corrected chi connectivity index (χ2v) is 15.4. The molecule has 6 rings (SSSR count). The topological polar surface area (TPSA) is 103 Å². The molecule has 318 valence electrons. The van der Waals surface area contributed by atoms with E-state index in [1.54, 1.807) is 85.1 Å². The molecule has 0 fully saturated rings. The Hall–Kier alpha value is -6.27. The third-order valence-corrected chi connectivity index (χ3v) is 11.5. The van der Waals surface area contributed by atoms with Gasteiger partial charge < -0.3 is 18.4 Å². The van der Waals surface area contributed by atoms with E-state index >= 15 is 17.3 Å². The van der Waals surface area contributed by atoms with Gasteiger partial charge in [-0.2, -0.15) is 10.5 Å². The standard InChI is InChI=1S/C48H50B2F4N6O2/c1-5-9-15-33(7-3)31-61-37-23-19-35(20-24-37)45-43-44(48(59(45)49(51)52)40(30-56)42-18-12-14-28-58-42)46(36-21-25-38(26-22-36)62-32-34(8-4)16-10-6-2)60(50(53)54)47(43)39(29-55)41-17-11-13-27-57-41/h11-14,17-28,33-34H,5-10,15-16,31-32H2,1-4H3/p+1/b47-39-,48-40-. The van der Waals surface area contributed by atoms with Crippen LogP contribution in [0.2, 0.25) is 0 Å². The lowest BCUT2D eigenvalue weighted by Crippen LogP contribution is -2.33. The average molecular weight is 842 g/mol. The molecule has 0 bridgehead atoms. The number of hydrogen-bond acceptors (Lipinski definition) is 5. The maximum atomic E-state index is 16.1. The quantitative estimate of drug-likeness (QED) is 0.0563. The van der Waals surface area contributed by atoms with Crippen LogP contribution in [0.5, 0.6) is 11.5 Å². The molecule has 0 aliphatic carbocycles. The van der Waals surface area contributed by atoms with E-state index in [9.17, 15) is 10.5 Å². The summed E-state index contributed by atoms with van der Waals surface area (Å²) >= 11 is 0. The van der Waals surface area contributed by atoms with Crippen molar-refractivity contribution in [2.24, 2.45) is 11.8 Å². The van der Waals surface area contributed by atoms with Gasteiger partial charge in [-0.15, -0.1) is 0 Å². The number of pyridine rings is 2. The van der Waals surface area contributed by atoms with Crippen LogP contribution in [0, 0.1) is 34.5 Å². The number of hydrogen-bond donors (Lipinski definition) is 0. The van der Waals surface area contributed by atoms with Gasteiger partial charge in [0, 0.05) is 29.1 Å². The zero-order valence-electron chi connectivity index (χ0n) is 35.7. The number of nitriles is 2. The minimum Gasteiger partial charge on any atom is -0.493 e. The van der Waals surface area contributed by atoms with Crippen molar-refractivity contribution in [3.8, 4) is 46.2 Å². The molecule has 8 nitrogen and oxygen atoms in total. The first-order chi connectivity index (χ1) is 30.2. The Balaban J connectivity index is 1.73. The fourth-order valence-corrected chi connectivity index (χ4v) is 8.03. The summed E-state index contributed by atoms with van der Waals surface area (Å²) in [5.41, 5.74) is -0.0840. The minimum absolute atomic E-state index is 0.0607. The van der Waals surface area contributed by atoms with Gasteiger partial charge in [-0.1, -0.05) is 72.3 Å². The zero-order chi connectivity index (χ0) is 44.2. The van der Waals surface area contributed by atoms with Crippen LogP contribution in [0.1, 0.15) is 90.4 Å². The molecule has 62 heavy (non-hydrogen) atoms. The van der Waals surface area contributed by atoms with Crippen molar-refractivity contribution in [3.05, 3.63) is 119 Å². The van der Waals surface area contributed by atoms with E-state index in [-0.39, 0.29) is 66.5 Å². The monoisotopic (exact) mass is 841 g/mol. The Kier molecular flexibility index (Phi) is 15.7. The van der Waals surface area contributed by atoms with Crippen LogP contribution in [0.4, 0.5) is 17.3 Å². The van der Waals surface area contributed by atoms with Crippen molar-refractivity contribution in [2.75, 3.05) is 13.2 Å². The van der Waals surface area contributed by atoms with Crippen LogP contribution in [-0.4, -0.2) is 42.0 Å². The van der Waals surface area contributed by atoms with Crippen molar-refractivity contribution >= 4 is 36.7 Å². The molecule has 0 aliphatic heterocycles. The van der Waals surface area contributed by atoms with E-state index in [2.05, 4.69) is 49.8 Å². The molecular formula is C48H51B2F4N6O2+. The molecule has 0 saturated carbocycles. The van der Waals surface area contributed by atoms with Gasteiger partial charge in [0.2, 0.25) is 5.69 Å². The SMILES string of the molecule is CCCCC(CC)COc1ccc(-c2c3/c(=C(\C#N)c4cccc[nH+]4)n(B(F)F)c(-c4ccc(OCC(CC)CCCC)cc4)c3/c(=C(\C#N)c3ccccn3)n2B(F)F)cc1. The predicted molar refractivity (Wildman–Crippen MR) is 238 cm³/mol. The fourth-order valence-electron chi connectivity index (χ4n) is 8.03. The summed E-state index contributed by atoms with van der Waals surface area (Å²) in [5.74, 6) is 1.70. The lowest BCUT2D eigenvalue weighted by molar-refractivity contribution is -0.381. The van der Waals surface area contributed by atoms with Crippen LogP contribution in [0.15, 0.2) is 97.3 Å². The second-order valence-electron chi connectivity index (χ2n) is 15.4. The van der Waals surface area contributed by atoms with Gasteiger partial charge in [0.1, 0.15) is 34.8 Å². The molecular weight excluding hydrogens is 790 g/mol. The largest absolute Gasteiger partial charge is 0.678 e. The van der Waals surface area contributed by atoms with E-state index in [4.69, 9.17) is 9.47 Å². The van der Waals surface area contributed by atoms with Crippen LogP contribution in [-0.2, 0) is 0 Å². The zero-order valence-corrected chi connectivity index (χ0v) is 35.7. The van der Waals surface area contributed by atoms with Gasteiger partial charge in [-0.3, -0.25) is 22.2 Å². The molecule has 4 heterocycles. The maximum absolute atomic E-state index is 16.1. The summed E-state index contributed by atoms with van der Waals surface area (Å²) in [6, 6.07) is 26.9. The Morgan fingerprint density at radius 2 is 1.15 bits per heavy atom. The van der Waals surface area contributed by atoms with Gasteiger partial charge in [0.25, 0.3) is 0 Å². The first-order valence-electron chi connectivity index (χ1n) is 21.5. The number of halogens is 4. The molecule has 0 radical (unpaired) electrons. The number of rotatable bonds is 20. The van der Waals surface area contributed by atoms with Gasteiger partial charge in [0.05, 0.1) is 41.0 Å². The van der Waals surface area contributed by atoms with E-state index in [1.807, 2.05) is 0 Å². The van der Waals surface area contributed by atoms with Crippen LogP contribution < -0.4 is 25.2 Å². The third-order valence-electron chi connectivity index (χ3n) is 11.5.